The molecule has 132 valence electrons. The first-order chi connectivity index (χ1) is 11.4. The summed E-state index contributed by atoms with van der Waals surface area (Å²) in [5.74, 6) is 0.931. The van der Waals surface area contributed by atoms with Crippen LogP contribution in [0, 0.1) is 6.92 Å². The van der Waals surface area contributed by atoms with Crippen LogP contribution in [0.25, 0.3) is 0 Å². The van der Waals surface area contributed by atoms with E-state index in [-0.39, 0.29) is 29.8 Å². The number of rotatable bonds is 2. The van der Waals surface area contributed by atoms with Crippen LogP contribution in [0.5, 0.6) is 0 Å². The number of carbonyl (C=O) groups excluding carboxylic acids is 2. The van der Waals surface area contributed by atoms with E-state index in [2.05, 4.69) is 5.16 Å². The third kappa shape index (κ3) is 2.82. The molecule has 3 heterocycles. The number of piperidine rings is 1. The van der Waals surface area contributed by atoms with Crippen molar-refractivity contribution < 1.29 is 14.1 Å². The third-order valence-electron chi connectivity index (χ3n) is 5.44. The summed E-state index contributed by atoms with van der Waals surface area (Å²) in [5, 5.41) is 4.09. The minimum absolute atomic E-state index is 0.00917. The van der Waals surface area contributed by atoms with Gasteiger partial charge in [0.05, 0.1) is 17.8 Å². The second-order valence-electron chi connectivity index (χ2n) is 7.33. The molecule has 3 rings (SSSR count). The highest BCUT2D eigenvalue weighted by Gasteiger charge is 2.41. The Morgan fingerprint density at radius 1 is 1.25 bits per heavy atom. The van der Waals surface area contributed by atoms with Crippen molar-refractivity contribution in [2.75, 3.05) is 13.6 Å². The van der Waals surface area contributed by atoms with Crippen LogP contribution in [0.2, 0.25) is 0 Å². The fourth-order valence-corrected chi connectivity index (χ4v) is 4.10. The Kier molecular flexibility index (Phi) is 4.65. The van der Waals surface area contributed by atoms with E-state index in [9.17, 15) is 9.59 Å². The van der Waals surface area contributed by atoms with E-state index in [4.69, 9.17) is 4.52 Å². The van der Waals surface area contributed by atoms with Crippen LogP contribution < -0.4 is 0 Å². The van der Waals surface area contributed by atoms with E-state index < -0.39 is 0 Å². The molecule has 2 atom stereocenters. The zero-order valence-electron chi connectivity index (χ0n) is 15.0. The number of aromatic nitrogens is 1. The Morgan fingerprint density at radius 3 is 2.67 bits per heavy atom. The average Bonchev–Trinajstić information content (AvgIpc) is 2.88. The quantitative estimate of drug-likeness (QED) is 0.834. The molecule has 2 aliphatic heterocycles. The van der Waals surface area contributed by atoms with Crippen molar-refractivity contribution in [2.45, 2.75) is 70.9 Å². The summed E-state index contributed by atoms with van der Waals surface area (Å²) in [6.45, 7) is 6.58. The molecule has 6 heteroatoms. The predicted octanol–water partition coefficient (Wildman–Crippen LogP) is 2.72. The molecular weight excluding hydrogens is 306 g/mol. The lowest BCUT2D eigenvalue weighted by Crippen LogP contribution is -2.56. The first-order valence-corrected chi connectivity index (χ1v) is 8.94. The van der Waals surface area contributed by atoms with E-state index in [0.717, 1.165) is 37.9 Å². The lowest BCUT2D eigenvalue weighted by Gasteiger charge is -2.43. The van der Waals surface area contributed by atoms with Gasteiger partial charge in [-0.25, -0.2) is 0 Å². The van der Waals surface area contributed by atoms with Gasteiger partial charge in [-0.1, -0.05) is 19.0 Å². The lowest BCUT2D eigenvalue weighted by atomic mass is 9.91. The Balaban J connectivity index is 1.92. The molecule has 0 aliphatic carbocycles. The van der Waals surface area contributed by atoms with Gasteiger partial charge in [-0.3, -0.25) is 9.59 Å². The Bertz CT molecular complexity index is 637. The molecule has 0 spiro atoms. The lowest BCUT2D eigenvalue weighted by molar-refractivity contribution is -0.132. The number of likely N-dealkylation sites (tertiary alicyclic amines) is 2. The summed E-state index contributed by atoms with van der Waals surface area (Å²) < 4.78 is 5.31. The number of hydrogen-bond acceptors (Lipinski definition) is 4. The van der Waals surface area contributed by atoms with Crippen molar-refractivity contribution in [2.24, 2.45) is 0 Å². The molecule has 6 nitrogen and oxygen atoms in total. The van der Waals surface area contributed by atoms with Crippen LogP contribution in [-0.4, -0.2) is 52.4 Å². The monoisotopic (exact) mass is 333 g/mol. The SMILES string of the molecule is Cc1onc(C(C)C)c1C(=O)N1CCC[C@@H]2[C@H]1CCCC(=O)N2C. The van der Waals surface area contributed by atoms with Gasteiger partial charge in [-0.05, 0) is 38.5 Å². The summed E-state index contributed by atoms with van der Waals surface area (Å²) in [4.78, 5) is 29.3. The van der Waals surface area contributed by atoms with E-state index in [1.54, 1.807) is 6.92 Å². The highest BCUT2D eigenvalue weighted by molar-refractivity contribution is 5.96. The molecule has 2 fully saturated rings. The fourth-order valence-electron chi connectivity index (χ4n) is 4.10. The molecule has 1 aromatic rings. The van der Waals surface area contributed by atoms with Crippen LogP contribution >= 0.6 is 0 Å². The summed E-state index contributed by atoms with van der Waals surface area (Å²) in [6.07, 6.45) is 4.19. The first kappa shape index (κ1) is 17.0. The fraction of sp³-hybridized carbons (Fsp3) is 0.722. The summed E-state index contributed by atoms with van der Waals surface area (Å²) >= 11 is 0. The van der Waals surface area contributed by atoms with Gasteiger partial charge < -0.3 is 14.3 Å². The zero-order valence-corrected chi connectivity index (χ0v) is 15.0. The van der Waals surface area contributed by atoms with E-state index in [1.807, 2.05) is 30.7 Å². The van der Waals surface area contributed by atoms with Crippen molar-refractivity contribution in [1.82, 2.24) is 15.0 Å². The molecule has 0 aromatic carbocycles. The standard InChI is InChI=1S/C18H27N3O3/c1-11(2)17-16(12(3)24-19-17)18(23)21-10-6-8-13-14(21)7-5-9-15(22)20(13)4/h11,13-14H,5-10H2,1-4H3/t13-,14-/m1/s1. The van der Waals surface area contributed by atoms with Gasteiger partial charge in [-0.2, -0.15) is 0 Å². The predicted molar refractivity (Wildman–Crippen MR) is 89.8 cm³/mol. The third-order valence-corrected chi connectivity index (χ3v) is 5.44. The van der Waals surface area contributed by atoms with Crippen molar-refractivity contribution >= 4 is 11.8 Å². The van der Waals surface area contributed by atoms with Crippen LogP contribution in [-0.2, 0) is 4.79 Å². The molecule has 0 saturated carbocycles. The molecule has 0 N–H and O–H groups in total. The zero-order chi connectivity index (χ0) is 17.4. The maximum atomic E-state index is 13.3. The maximum Gasteiger partial charge on any atom is 0.259 e. The summed E-state index contributed by atoms with van der Waals surface area (Å²) in [6, 6.07) is 0.220. The highest BCUT2D eigenvalue weighted by atomic mass is 16.5. The van der Waals surface area contributed by atoms with E-state index >= 15 is 0 Å². The number of aryl methyl sites for hydroxylation is 1. The van der Waals surface area contributed by atoms with Crippen molar-refractivity contribution in [3.63, 3.8) is 0 Å². The van der Waals surface area contributed by atoms with Crippen LogP contribution in [0.15, 0.2) is 4.52 Å². The summed E-state index contributed by atoms with van der Waals surface area (Å²) in [5.41, 5.74) is 1.35. The Labute approximate surface area is 143 Å². The minimum Gasteiger partial charge on any atom is -0.361 e. The van der Waals surface area contributed by atoms with Gasteiger partial charge in [0.25, 0.3) is 5.91 Å². The van der Waals surface area contributed by atoms with Crippen molar-refractivity contribution in [3.8, 4) is 0 Å². The molecule has 1 aromatic heterocycles. The number of hydrogen-bond donors (Lipinski definition) is 0. The van der Waals surface area contributed by atoms with Gasteiger partial charge in [0.15, 0.2) is 0 Å². The molecule has 0 unspecified atom stereocenters. The number of nitrogens with zero attached hydrogens (tertiary/aromatic N) is 3. The van der Waals surface area contributed by atoms with E-state index in [1.165, 1.54) is 0 Å². The van der Waals surface area contributed by atoms with Gasteiger partial charge >= 0.3 is 0 Å². The molecule has 2 saturated heterocycles. The van der Waals surface area contributed by atoms with Gasteiger partial charge in [0.2, 0.25) is 5.91 Å². The maximum absolute atomic E-state index is 13.3. The van der Waals surface area contributed by atoms with Crippen molar-refractivity contribution in [3.05, 3.63) is 17.0 Å². The Hall–Kier alpha value is -1.85. The van der Waals surface area contributed by atoms with Gasteiger partial charge in [0.1, 0.15) is 11.3 Å². The number of likely N-dealkylation sites (N-methyl/N-ethyl adjacent to an activating group) is 1. The first-order valence-electron chi connectivity index (χ1n) is 8.94. The normalized spacial score (nSPS) is 25.0. The highest BCUT2D eigenvalue weighted by Crippen LogP contribution is 2.32. The Morgan fingerprint density at radius 2 is 1.96 bits per heavy atom. The largest absolute Gasteiger partial charge is 0.361 e. The summed E-state index contributed by atoms with van der Waals surface area (Å²) in [7, 11) is 1.88. The average molecular weight is 333 g/mol. The van der Waals surface area contributed by atoms with Crippen LogP contribution in [0.4, 0.5) is 0 Å². The number of amides is 2. The van der Waals surface area contributed by atoms with Crippen molar-refractivity contribution in [1.29, 1.82) is 0 Å². The second kappa shape index (κ2) is 6.57. The number of fused-ring (bicyclic) bond motifs is 1. The van der Waals surface area contributed by atoms with Crippen LogP contribution in [0.3, 0.4) is 0 Å². The molecule has 24 heavy (non-hydrogen) atoms. The van der Waals surface area contributed by atoms with E-state index in [0.29, 0.717) is 17.7 Å². The molecule has 0 radical (unpaired) electrons. The topological polar surface area (TPSA) is 66.7 Å². The minimum atomic E-state index is 0.00917. The second-order valence-corrected chi connectivity index (χ2v) is 7.33. The molecular formula is C18H27N3O3. The van der Waals surface area contributed by atoms with Gasteiger partial charge in [-0.15, -0.1) is 0 Å². The molecule has 0 bridgehead atoms. The molecule has 2 amide bonds. The van der Waals surface area contributed by atoms with Gasteiger partial charge in [0, 0.05) is 20.0 Å². The molecule has 2 aliphatic rings. The number of carbonyl (C=O) groups is 2. The van der Waals surface area contributed by atoms with Crippen LogP contribution in [0.1, 0.15) is 73.7 Å². The smallest absolute Gasteiger partial charge is 0.259 e.